The minimum absolute atomic E-state index is 0.264. The van der Waals surface area contributed by atoms with Gasteiger partial charge in [-0.2, -0.15) is 0 Å². The van der Waals surface area contributed by atoms with Crippen molar-refractivity contribution in [2.75, 3.05) is 27.2 Å². The highest BCUT2D eigenvalue weighted by atomic mass is 35.5. The molecule has 0 aliphatic carbocycles. The third kappa shape index (κ3) is 4.22. The van der Waals surface area contributed by atoms with Crippen molar-refractivity contribution in [3.8, 4) is 5.69 Å². The lowest BCUT2D eigenvalue weighted by Gasteiger charge is -2.29. The molecule has 0 radical (unpaired) electrons. The first-order chi connectivity index (χ1) is 14.8. The Hall–Kier alpha value is -1.99. The van der Waals surface area contributed by atoms with E-state index in [-0.39, 0.29) is 16.3 Å². The molecule has 6 nitrogen and oxygen atoms in total. The van der Waals surface area contributed by atoms with Gasteiger partial charge in [-0.25, -0.2) is 9.59 Å². The van der Waals surface area contributed by atoms with Gasteiger partial charge in [0.2, 0.25) is 0 Å². The van der Waals surface area contributed by atoms with E-state index in [4.69, 9.17) is 39.5 Å². The molecule has 1 saturated heterocycles. The Bertz CT molecular complexity index is 1220. The third-order valence-electron chi connectivity index (χ3n) is 5.71. The van der Waals surface area contributed by atoms with Crippen molar-refractivity contribution < 1.29 is 9.53 Å². The van der Waals surface area contributed by atoms with E-state index < -0.39 is 5.97 Å². The number of carbonyl (C=O) groups is 1. The molecule has 164 valence electrons. The van der Waals surface area contributed by atoms with Crippen LogP contribution in [-0.2, 0) is 11.3 Å². The first-order valence-corrected chi connectivity index (χ1v) is 11.1. The number of fused-ring (bicyclic) bond motifs is 1. The number of likely N-dealkylation sites (tertiary alicyclic amines) is 1. The number of imidazole rings is 1. The summed E-state index contributed by atoms with van der Waals surface area (Å²) < 4.78 is 8.04. The Labute approximate surface area is 194 Å². The van der Waals surface area contributed by atoms with Gasteiger partial charge in [0.15, 0.2) is 0 Å². The standard InChI is InChI=1S/C22H22Cl3N3O3/c1-26-7-3-4-13(11-26)12-27-19-9-14(21(29)31-2)8-17(25)20(19)28(22(27)30)18-6-5-15(23)10-16(18)24/h5-6,8-10,13H,3-4,7,11-12H2,1-2H3. The molecule has 3 aromatic rings. The highest BCUT2D eigenvalue weighted by molar-refractivity contribution is 6.37. The van der Waals surface area contributed by atoms with E-state index >= 15 is 0 Å². The van der Waals surface area contributed by atoms with Crippen LogP contribution in [0.15, 0.2) is 35.1 Å². The molecule has 1 aliphatic rings. The summed E-state index contributed by atoms with van der Waals surface area (Å²) in [7, 11) is 3.39. The maximum atomic E-state index is 13.6. The zero-order chi connectivity index (χ0) is 22.3. The molecular weight excluding hydrogens is 461 g/mol. The largest absolute Gasteiger partial charge is 0.465 e. The zero-order valence-corrected chi connectivity index (χ0v) is 19.5. The highest BCUT2D eigenvalue weighted by Crippen LogP contribution is 2.32. The molecular formula is C22H22Cl3N3O3. The summed E-state index contributed by atoms with van der Waals surface area (Å²) in [4.78, 5) is 28.1. The third-order valence-corrected chi connectivity index (χ3v) is 6.54. The van der Waals surface area contributed by atoms with E-state index in [1.54, 1.807) is 28.8 Å². The van der Waals surface area contributed by atoms with Crippen molar-refractivity contribution in [3.63, 3.8) is 0 Å². The first kappa shape index (κ1) is 22.2. The van der Waals surface area contributed by atoms with Gasteiger partial charge in [0.25, 0.3) is 0 Å². The fourth-order valence-electron chi connectivity index (χ4n) is 4.31. The van der Waals surface area contributed by atoms with Crippen LogP contribution in [0.1, 0.15) is 23.2 Å². The van der Waals surface area contributed by atoms with Crippen molar-refractivity contribution >= 4 is 51.8 Å². The summed E-state index contributed by atoms with van der Waals surface area (Å²) in [5.41, 5.74) is 1.56. The highest BCUT2D eigenvalue weighted by Gasteiger charge is 2.25. The maximum Gasteiger partial charge on any atom is 0.337 e. The van der Waals surface area contributed by atoms with E-state index in [0.717, 1.165) is 25.9 Å². The molecule has 2 aromatic carbocycles. The van der Waals surface area contributed by atoms with Crippen LogP contribution >= 0.6 is 34.8 Å². The molecule has 0 amide bonds. The molecule has 31 heavy (non-hydrogen) atoms. The monoisotopic (exact) mass is 481 g/mol. The van der Waals surface area contributed by atoms with Gasteiger partial charge in [0, 0.05) is 18.1 Å². The number of aromatic nitrogens is 2. The van der Waals surface area contributed by atoms with Crippen LogP contribution in [0.4, 0.5) is 0 Å². The number of hydrogen-bond donors (Lipinski definition) is 0. The van der Waals surface area contributed by atoms with Crippen molar-refractivity contribution in [1.29, 1.82) is 0 Å². The van der Waals surface area contributed by atoms with Gasteiger partial charge in [-0.1, -0.05) is 34.8 Å². The van der Waals surface area contributed by atoms with E-state index in [2.05, 4.69) is 11.9 Å². The number of benzene rings is 2. The molecule has 4 rings (SSSR count). The number of piperidine rings is 1. The predicted octanol–water partition coefficient (Wildman–Crippen LogP) is 4.88. The SMILES string of the molecule is COC(=O)c1cc(Cl)c2c(c1)n(CC1CCCN(C)C1)c(=O)n2-c1ccc(Cl)cc1Cl. The summed E-state index contributed by atoms with van der Waals surface area (Å²) in [6, 6.07) is 8.11. The van der Waals surface area contributed by atoms with Gasteiger partial charge in [0.1, 0.15) is 0 Å². The number of carbonyl (C=O) groups excluding carboxylic acids is 1. The maximum absolute atomic E-state index is 13.6. The van der Waals surface area contributed by atoms with E-state index in [9.17, 15) is 9.59 Å². The summed E-state index contributed by atoms with van der Waals surface area (Å²) >= 11 is 19.1. The average Bonchev–Trinajstić information content (AvgIpc) is 3.00. The summed E-state index contributed by atoms with van der Waals surface area (Å²) in [5.74, 6) is -0.214. The quantitative estimate of drug-likeness (QED) is 0.497. The van der Waals surface area contributed by atoms with Crippen LogP contribution in [0.2, 0.25) is 15.1 Å². The Morgan fingerprint density at radius 3 is 2.61 bits per heavy atom. The molecule has 1 unspecified atom stereocenters. The Kier molecular flexibility index (Phi) is 6.35. The van der Waals surface area contributed by atoms with Gasteiger partial charge in [-0.3, -0.25) is 9.13 Å². The van der Waals surface area contributed by atoms with E-state index in [0.29, 0.717) is 39.2 Å². The summed E-state index contributed by atoms with van der Waals surface area (Å²) in [5, 5.41) is 1.06. The van der Waals surface area contributed by atoms with Gasteiger partial charge in [-0.05, 0) is 62.7 Å². The fourth-order valence-corrected chi connectivity index (χ4v) is 5.10. The molecule has 2 heterocycles. The van der Waals surface area contributed by atoms with Crippen LogP contribution in [-0.4, -0.2) is 47.3 Å². The predicted molar refractivity (Wildman–Crippen MR) is 124 cm³/mol. The zero-order valence-electron chi connectivity index (χ0n) is 17.2. The normalized spacial score (nSPS) is 17.3. The minimum Gasteiger partial charge on any atom is -0.465 e. The number of nitrogens with zero attached hydrogens (tertiary/aromatic N) is 3. The van der Waals surface area contributed by atoms with E-state index in [1.807, 2.05) is 0 Å². The topological polar surface area (TPSA) is 56.5 Å². The van der Waals surface area contributed by atoms with Crippen LogP contribution in [0, 0.1) is 5.92 Å². The van der Waals surface area contributed by atoms with Crippen LogP contribution in [0.25, 0.3) is 16.7 Å². The average molecular weight is 483 g/mol. The van der Waals surface area contributed by atoms with Gasteiger partial charge < -0.3 is 9.64 Å². The number of esters is 1. The van der Waals surface area contributed by atoms with Gasteiger partial charge in [0.05, 0.1) is 39.4 Å². The Morgan fingerprint density at radius 2 is 1.94 bits per heavy atom. The van der Waals surface area contributed by atoms with E-state index in [1.165, 1.54) is 17.7 Å². The lowest BCUT2D eigenvalue weighted by Crippen LogP contribution is -2.36. The minimum atomic E-state index is -0.516. The van der Waals surface area contributed by atoms with Crippen LogP contribution in [0.5, 0.6) is 0 Å². The molecule has 0 N–H and O–H groups in total. The number of ether oxygens (including phenoxy) is 1. The smallest absolute Gasteiger partial charge is 0.337 e. The van der Waals surface area contributed by atoms with Gasteiger partial charge in [-0.15, -0.1) is 0 Å². The summed E-state index contributed by atoms with van der Waals surface area (Å²) in [6.45, 7) is 2.45. The molecule has 1 aliphatic heterocycles. The molecule has 1 aromatic heterocycles. The fraction of sp³-hybridized carbons (Fsp3) is 0.364. The van der Waals surface area contributed by atoms with Crippen molar-refractivity contribution in [1.82, 2.24) is 14.0 Å². The molecule has 9 heteroatoms. The Morgan fingerprint density at radius 1 is 1.16 bits per heavy atom. The number of halogens is 3. The molecule has 0 spiro atoms. The molecule has 0 saturated carbocycles. The number of methoxy groups -OCH3 is 1. The second-order valence-electron chi connectivity index (χ2n) is 7.91. The van der Waals surface area contributed by atoms with Crippen LogP contribution < -0.4 is 5.69 Å². The Balaban J connectivity index is 1.96. The first-order valence-electron chi connectivity index (χ1n) is 9.97. The van der Waals surface area contributed by atoms with Crippen molar-refractivity contribution in [2.45, 2.75) is 19.4 Å². The van der Waals surface area contributed by atoms with Crippen molar-refractivity contribution in [3.05, 3.63) is 61.4 Å². The van der Waals surface area contributed by atoms with Gasteiger partial charge >= 0.3 is 11.7 Å². The molecule has 1 fully saturated rings. The molecule has 0 bridgehead atoms. The van der Waals surface area contributed by atoms with Crippen molar-refractivity contribution in [2.24, 2.45) is 5.92 Å². The lowest BCUT2D eigenvalue weighted by molar-refractivity contribution is 0.0601. The number of rotatable bonds is 4. The van der Waals surface area contributed by atoms with Crippen LogP contribution in [0.3, 0.4) is 0 Å². The molecule has 1 atom stereocenters. The second kappa shape index (κ2) is 8.87. The number of hydrogen-bond acceptors (Lipinski definition) is 4. The summed E-state index contributed by atoms with van der Waals surface area (Å²) in [6.07, 6.45) is 2.10. The second-order valence-corrected chi connectivity index (χ2v) is 9.16. The lowest BCUT2D eigenvalue weighted by atomic mass is 9.98.